The molecule has 10 N–H and O–H groups in total. The van der Waals surface area contributed by atoms with Gasteiger partial charge < -0.3 is 61.5 Å². The summed E-state index contributed by atoms with van der Waals surface area (Å²) in [7, 11) is 0. The minimum atomic E-state index is -0.544. The molecule has 0 saturated heterocycles. The van der Waals surface area contributed by atoms with E-state index in [0.29, 0.717) is 31.2 Å². The van der Waals surface area contributed by atoms with E-state index in [1.165, 1.54) is 18.2 Å². The third-order valence-corrected chi connectivity index (χ3v) is 9.03. The summed E-state index contributed by atoms with van der Waals surface area (Å²) < 4.78 is 0. The van der Waals surface area contributed by atoms with Crippen molar-refractivity contribution in [3.05, 3.63) is 129 Å². The monoisotopic (exact) mass is 823 g/mol. The van der Waals surface area contributed by atoms with Crippen molar-refractivity contribution in [2.75, 3.05) is 102 Å². The molecule has 0 aliphatic carbocycles. The third-order valence-electron chi connectivity index (χ3n) is 8.78. The lowest BCUT2D eigenvalue weighted by Gasteiger charge is -2.26. The molecule has 3 amide bonds. The molecule has 0 fully saturated rings. The summed E-state index contributed by atoms with van der Waals surface area (Å²) in [5.41, 5.74) is 5.44. The molecule has 0 aliphatic rings. The second-order valence-electron chi connectivity index (χ2n) is 12.8. The Morgan fingerprint density at radius 3 is 0.983 bits per heavy atom. The molecule has 4 aromatic carbocycles. The van der Waals surface area contributed by atoms with Crippen molar-refractivity contribution in [3.63, 3.8) is 0 Å². The van der Waals surface area contributed by atoms with Gasteiger partial charge in [-0.05, 0) is 71.3 Å². The van der Waals surface area contributed by atoms with Crippen molar-refractivity contribution in [3.8, 4) is 0 Å². The zero-order chi connectivity index (χ0) is 42.3. The van der Waals surface area contributed by atoms with Crippen molar-refractivity contribution in [1.29, 1.82) is 0 Å². The highest BCUT2D eigenvalue weighted by atomic mass is 35.5. The molecular formula is C42H54ClN5O10. The normalized spacial score (nSPS) is 10.7. The largest absolute Gasteiger partial charge is 0.395 e. The quantitative estimate of drug-likeness (QED) is 0.0500. The summed E-state index contributed by atoms with van der Waals surface area (Å²) >= 11 is 6.15. The highest BCUT2D eigenvalue weighted by Crippen LogP contribution is 2.34. The van der Waals surface area contributed by atoms with Crippen LogP contribution in [0.15, 0.2) is 91.0 Å². The van der Waals surface area contributed by atoms with Crippen LogP contribution in [-0.4, -0.2) is 146 Å². The van der Waals surface area contributed by atoms with Gasteiger partial charge in [0, 0.05) is 84.8 Å². The standard InChI is InChI=1S/C27H33ClN2O4.C15H21N3O6/c28-24-7-1-21(2-8-24)27(22-3-9-25(10-4-22)29(13-17-31)14-18-32)23-5-11-26(12-6-23)30(15-19-33)16-20-34;19-4-1-16-13(22)10-7-11(14(23)17-2-5-20)9-12(8-10)15(24)18-3-6-21/h1-12,27,31-34H,13-20H2;7-9,19-21H,1-6H2,(H,16,22)(H,17,23)(H,18,24). The van der Waals surface area contributed by atoms with Gasteiger partial charge in [0.15, 0.2) is 0 Å². The first-order valence-electron chi connectivity index (χ1n) is 18.8. The van der Waals surface area contributed by atoms with Crippen LogP contribution in [0.1, 0.15) is 53.7 Å². The maximum absolute atomic E-state index is 12.0. The number of nitrogens with zero attached hydrogens (tertiary/aromatic N) is 2. The van der Waals surface area contributed by atoms with E-state index in [9.17, 15) is 34.8 Å². The van der Waals surface area contributed by atoms with Crippen molar-refractivity contribution in [1.82, 2.24) is 16.0 Å². The van der Waals surface area contributed by atoms with E-state index in [1.807, 2.05) is 58.3 Å². The molecule has 0 heterocycles. The Hall–Kier alpha value is -5.10. The lowest BCUT2D eigenvalue weighted by Crippen LogP contribution is -2.30. The third kappa shape index (κ3) is 14.7. The van der Waals surface area contributed by atoms with Gasteiger partial charge in [0.1, 0.15) is 0 Å². The SMILES string of the molecule is O=C(NCCO)c1cc(C(=O)NCCO)cc(C(=O)NCCO)c1.OCCN(CCO)c1ccc(C(c2ccc(Cl)cc2)c2ccc(N(CCO)CCO)cc2)cc1. The van der Waals surface area contributed by atoms with Gasteiger partial charge in [-0.2, -0.15) is 0 Å². The molecule has 314 valence electrons. The molecule has 0 atom stereocenters. The smallest absolute Gasteiger partial charge is 0.251 e. The van der Waals surface area contributed by atoms with Gasteiger partial charge >= 0.3 is 0 Å². The number of carbonyl (C=O) groups is 3. The van der Waals surface area contributed by atoms with Crippen LogP contribution < -0.4 is 25.8 Å². The Kier molecular flexibility index (Phi) is 21.2. The minimum absolute atomic E-state index is 0.0189. The fraction of sp³-hybridized carbons (Fsp3) is 0.357. The first kappa shape index (κ1) is 47.3. The highest BCUT2D eigenvalue weighted by molar-refractivity contribution is 6.30. The molecule has 4 aromatic rings. The maximum Gasteiger partial charge on any atom is 0.251 e. The number of rotatable bonds is 22. The number of anilines is 2. The van der Waals surface area contributed by atoms with E-state index >= 15 is 0 Å². The van der Waals surface area contributed by atoms with Crippen molar-refractivity contribution < 1.29 is 50.1 Å². The van der Waals surface area contributed by atoms with Crippen LogP contribution in [0.3, 0.4) is 0 Å². The molecule has 0 saturated carbocycles. The van der Waals surface area contributed by atoms with E-state index in [2.05, 4.69) is 40.2 Å². The van der Waals surface area contributed by atoms with Gasteiger partial charge in [0.2, 0.25) is 0 Å². The van der Waals surface area contributed by atoms with Gasteiger partial charge in [-0.1, -0.05) is 48.0 Å². The van der Waals surface area contributed by atoms with Gasteiger partial charge in [0.25, 0.3) is 17.7 Å². The predicted molar refractivity (Wildman–Crippen MR) is 223 cm³/mol. The number of carbonyl (C=O) groups excluding carboxylic acids is 3. The summed E-state index contributed by atoms with van der Waals surface area (Å²) in [5, 5.41) is 71.6. The summed E-state index contributed by atoms with van der Waals surface area (Å²) in [6, 6.07) is 28.1. The van der Waals surface area contributed by atoms with Crippen LogP contribution in [0.5, 0.6) is 0 Å². The Labute approximate surface area is 343 Å². The van der Waals surface area contributed by atoms with Gasteiger partial charge in [-0.15, -0.1) is 0 Å². The molecule has 58 heavy (non-hydrogen) atoms. The average molecular weight is 824 g/mol. The summed E-state index contributed by atoms with van der Waals surface area (Å²) in [6.07, 6.45) is 0. The van der Waals surface area contributed by atoms with Crippen LogP contribution in [0, 0.1) is 0 Å². The van der Waals surface area contributed by atoms with Crippen molar-refractivity contribution >= 4 is 40.7 Å². The first-order chi connectivity index (χ1) is 28.1. The van der Waals surface area contributed by atoms with Crippen LogP contribution >= 0.6 is 11.6 Å². The molecule has 4 rings (SSSR count). The Balaban J connectivity index is 0.000000331. The van der Waals surface area contributed by atoms with Crippen LogP contribution in [0.2, 0.25) is 5.02 Å². The molecule has 0 spiro atoms. The number of hydrogen-bond acceptors (Lipinski definition) is 12. The molecule has 0 unspecified atom stereocenters. The number of benzene rings is 4. The topological polar surface area (TPSA) is 235 Å². The lowest BCUT2D eigenvalue weighted by atomic mass is 9.85. The van der Waals surface area contributed by atoms with Gasteiger partial charge in [-0.3, -0.25) is 14.4 Å². The van der Waals surface area contributed by atoms with E-state index in [4.69, 9.17) is 26.9 Å². The second kappa shape index (κ2) is 26.0. The summed E-state index contributed by atoms with van der Waals surface area (Å²) in [6.45, 7) is 1.28. The maximum atomic E-state index is 12.0. The van der Waals surface area contributed by atoms with Crippen molar-refractivity contribution in [2.45, 2.75) is 5.92 Å². The van der Waals surface area contributed by atoms with Crippen LogP contribution in [0.25, 0.3) is 0 Å². The van der Waals surface area contributed by atoms with E-state index in [0.717, 1.165) is 28.1 Å². The fourth-order valence-corrected chi connectivity index (χ4v) is 6.17. The molecule has 0 aliphatic heterocycles. The first-order valence-corrected chi connectivity index (χ1v) is 19.2. The van der Waals surface area contributed by atoms with E-state index < -0.39 is 17.7 Å². The number of aliphatic hydroxyl groups is 7. The molecule has 15 nitrogen and oxygen atoms in total. The van der Waals surface area contributed by atoms with Crippen molar-refractivity contribution in [2.24, 2.45) is 0 Å². The van der Waals surface area contributed by atoms with Gasteiger partial charge in [-0.25, -0.2) is 0 Å². The second-order valence-corrected chi connectivity index (χ2v) is 13.2. The number of nitrogens with one attached hydrogen (secondary N) is 3. The zero-order valence-corrected chi connectivity index (χ0v) is 33.0. The summed E-state index contributed by atoms with van der Waals surface area (Å²) in [4.78, 5) is 39.9. The minimum Gasteiger partial charge on any atom is -0.395 e. The molecule has 0 bridgehead atoms. The van der Waals surface area contributed by atoms with E-state index in [1.54, 1.807) is 0 Å². The van der Waals surface area contributed by atoms with Crippen LogP contribution in [-0.2, 0) is 0 Å². The molecule has 16 heteroatoms. The number of amides is 3. The number of halogens is 1. The predicted octanol–water partition coefficient (Wildman–Crippen LogP) is 0.955. The van der Waals surface area contributed by atoms with Crippen LogP contribution in [0.4, 0.5) is 11.4 Å². The lowest BCUT2D eigenvalue weighted by molar-refractivity contribution is 0.0944. The highest BCUT2D eigenvalue weighted by Gasteiger charge is 2.19. The average Bonchev–Trinajstić information content (AvgIpc) is 3.25. The summed E-state index contributed by atoms with van der Waals surface area (Å²) in [5.74, 6) is -1.65. The zero-order valence-electron chi connectivity index (χ0n) is 32.3. The molecule has 0 aromatic heterocycles. The van der Waals surface area contributed by atoms with Gasteiger partial charge in [0.05, 0.1) is 46.2 Å². The number of aliphatic hydroxyl groups excluding tert-OH is 7. The van der Waals surface area contributed by atoms with E-state index in [-0.39, 0.29) is 88.5 Å². The fourth-order valence-electron chi connectivity index (χ4n) is 6.05. The molecular weight excluding hydrogens is 770 g/mol. The molecule has 0 radical (unpaired) electrons. The Morgan fingerprint density at radius 2 is 0.724 bits per heavy atom. The Bertz CT molecular complexity index is 1670. The number of hydrogen-bond donors (Lipinski definition) is 10. The Morgan fingerprint density at radius 1 is 0.448 bits per heavy atom.